The lowest BCUT2D eigenvalue weighted by Crippen LogP contribution is -2.32. The molecule has 0 radical (unpaired) electrons. The van der Waals surface area contributed by atoms with Gasteiger partial charge in [-0.1, -0.05) is 173 Å². The number of nitrogens with zero attached hydrogens (tertiary/aromatic N) is 2. The largest absolute Gasteiger partial charge is 0.310 e. The van der Waals surface area contributed by atoms with Crippen LogP contribution < -0.4 is 9.80 Å². The molecule has 1 aliphatic carbocycles. The van der Waals surface area contributed by atoms with Gasteiger partial charge in [-0.3, -0.25) is 0 Å². The van der Waals surface area contributed by atoms with Crippen LogP contribution in [0.15, 0.2) is 194 Å². The van der Waals surface area contributed by atoms with Crippen LogP contribution in [-0.4, -0.2) is 0 Å². The number of para-hydroxylation sites is 2. The van der Waals surface area contributed by atoms with Gasteiger partial charge in [0.1, 0.15) is 0 Å². The van der Waals surface area contributed by atoms with E-state index in [4.69, 9.17) is 0 Å². The molecule has 0 spiro atoms. The Morgan fingerprint density at radius 2 is 0.933 bits per heavy atom. The molecule has 0 atom stereocenters. The van der Waals surface area contributed by atoms with E-state index in [1.807, 2.05) is 0 Å². The zero-order valence-electron chi connectivity index (χ0n) is 34.4. The first-order valence-electron chi connectivity index (χ1n) is 21.2. The third-order valence-corrected chi connectivity index (χ3v) is 13.8. The summed E-state index contributed by atoms with van der Waals surface area (Å²) in [6.45, 7) is 9.52. The summed E-state index contributed by atoms with van der Waals surface area (Å²) >= 11 is 0. The Labute approximate surface area is 352 Å². The van der Waals surface area contributed by atoms with Crippen LogP contribution >= 0.6 is 0 Å². The zero-order valence-corrected chi connectivity index (χ0v) is 34.4. The topological polar surface area (TPSA) is 6.48 Å². The molecule has 60 heavy (non-hydrogen) atoms. The highest BCUT2D eigenvalue weighted by Gasteiger charge is 2.42. The molecule has 3 aliphatic rings. The normalized spacial score (nSPS) is 14.6. The molecule has 286 valence electrons. The lowest BCUT2D eigenvalue weighted by atomic mass is 9.70. The van der Waals surface area contributed by atoms with E-state index in [-0.39, 0.29) is 10.8 Å². The molecule has 9 aromatic carbocycles. The van der Waals surface area contributed by atoms with E-state index in [1.165, 1.54) is 100 Å². The highest BCUT2D eigenvalue weighted by molar-refractivity contribution is 6.19. The van der Waals surface area contributed by atoms with Crippen LogP contribution in [0, 0.1) is 0 Å². The number of anilines is 6. The molecular weight excluding hydrogens is 725 g/mol. The molecule has 9 aromatic rings. The second kappa shape index (κ2) is 12.7. The molecule has 0 N–H and O–H groups in total. The van der Waals surface area contributed by atoms with Gasteiger partial charge in [0.05, 0.1) is 22.7 Å². The summed E-state index contributed by atoms with van der Waals surface area (Å²) in [6, 6.07) is 72.2. The monoisotopic (exact) mass is 768 g/mol. The first-order chi connectivity index (χ1) is 29.3. The predicted octanol–water partition coefficient (Wildman–Crippen LogP) is 16.0. The third kappa shape index (κ3) is 4.82. The van der Waals surface area contributed by atoms with Crippen molar-refractivity contribution in [3.05, 3.63) is 216 Å². The van der Waals surface area contributed by atoms with Gasteiger partial charge in [-0.25, -0.2) is 0 Å². The van der Waals surface area contributed by atoms with Crippen molar-refractivity contribution in [1.29, 1.82) is 0 Å². The molecule has 0 unspecified atom stereocenters. The minimum atomic E-state index is -0.203. The molecule has 2 aliphatic heterocycles. The zero-order chi connectivity index (χ0) is 40.3. The van der Waals surface area contributed by atoms with Crippen molar-refractivity contribution in [3.8, 4) is 44.5 Å². The number of rotatable bonds is 5. The molecule has 0 saturated carbocycles. The van der Waals surface area contributed by atoms with E-state index < -0.39 is 0 Å². The lowest BCUT2D eigenvalue weighted by molar-refractivity contribution is 0.633. The molecule has 0 amide bonds. The standard InChI is InChI=1S/C58H44N2/c1-57(2)47-22-10-8-19-45(47)55-49(57)24-15-27-53(55)59(40-32-28-38(29-33-40)37-16-6-5-7-17-37)41-34-30-39(31-35-41)46-36-50-56-54-43(20-14-21-44(46)54)42-18-9-12-25-51(42)60(56)52-26-13-11-23-48(52)58(50,3)4/h5-36H,1-4H3. The minimum Gasteiger partial charge on any atom is -0.310 e. The van der Waals surface area contributed by atoms with Gasteiger partial charge in [0.15, 0.2) is 0 Å². The van der Waals surface area contributed by atoms with Crippen molar-refractivity contribution in [2.45, 2.75) is 38.5 Å². The molecule has 2 heterocycles. The Morgan fingerprint density at radius 3 is 1.68 bits per heavy atom. The fraction of sp³-hybridized carbons (Fsp3) is 0.103. The van der Waals surface area contributed by atoms with Crippen LogP contribution in [0.4, 0.5) is 34.1 Å². The predicted molar refractivity (Wildman–Crippen MR) is 253 cm³/mol. The summed E-state index contributed by atoms with van der Waals surface area (Å²) in [6.07, 6.45) is 0. The molecule has 0 fully saturated rings. The van der Waals surface area contributed by atoms with Crippen LogP contribution in [0.5, 0.6) is 0 Å². The van der Waals surface area contributed by atoms with Crippen LogP contribution in [-0.2, 0) is 10.8 Å². The van der Waals surface area contributed by atoms with Gasteiger partial charge in [0.2, 0.25) is 0 Å². The van der Waals surface area contributed by atoms with Crippen molar-refractivity contribution in [2.24, 2.45) is 0 Å². The SMILES string of the molecule is CC1(C)c2ccccc2-c2c(N(c3ccc(-c4ccccc4)cc3)c3ccc(-c4cc5c6c7c(cccc47)-c4ccccc4N6c4ccccc4C5(C)C)cc3)cccc21. The third-order valence-electron chi connectivity index (χ3n) is 13.8. The number of fused-ring (bicyclic) bond motifs is 8. The lowest BCUT2D eigenvalue weighted by Gasteiger charge is -2.45. The summed E-state index contributed by atoms with van der Waals surface area (Å²) in [7, 11) is 0. The van der Waals surface area contributed by atoms with E-state index >= 15 is 0 Å². The van der Waals surface area contributed by atoms with Crippen LogP contribution in [0.1, 0.15) is 49.9 Å². The Morgan fingerprint density at radius 1 is 0.383 bits per heavy atom. The maximum absolute atomic E-state index is 2.53. The van der Waals surface area contributed by atoms with E-state index in [1.54, 1.807) is 0 Å². The summed E-state index contributed by atoms with van der Waals surface area (Å²) < 4.78 is 0. The quantitative estimate of drug-likeness (QED) is 0.172. The Kier molecular flexibility index (Phi) is 7.36. The fourth-order valence-electron chi connectivity index (χ4n) is 10.8. The van der Waals surface area contributed by atoms with E-state index in [0.717, 1.165) is 11.4 Å². The van der Waals surface area contributed by atoms with E-state index in [2.05, 4.69) is 232 Å². The highest BCUT2D eigenvalue weighted by Crippen LogP contribution is 2.61. The Hall–Kier alpha value is -7.16. The molecule has 0 saturated heterocycles. The average molecular weight is 769 g/mol. The molecule has 12 rings (SSSR count). The first kappa shape index (κ1) is 34.8. The van der Waals surface area contributed by atoms with E-state index in [0.29, 0.717) is 0 Å². The van der Waals surface area contributed by atoms with Crippen LogP contribution in [0.3, 0.4) is 0 Å². The summed E-state index contributed by atoms with van der Waals surface area (Å²) in [5.74, 6) is 0. The Bertz CT molecular complexity index is 3190. The second-order valence-corrected chi connectivity index (χ2v) is 17.7. The van der Waals surface area contributed by atoms with Crippen molar-refractivity contribution in [3.63, 3.8) is 0 Å². The van der Waals surface area contributed by atoms with Crippen molar-refractivity contribution in [2.75, 3.05) is 9.80 Å². The van der Waals surface area contributed by atoms with E-state index in [9.17, 15) is 0 Å². The maximum Gasteiger partial charge on any atom is 0.0587 e. The number of benzene rings is 9. The molecular formula is C58H44N2. The fourth-order valence-corrected chi connectivity index (χ4v) is 10.8. The van der Waals surface area contributed by atoms with Gasteiger partial charge in [-0.2, -0.15) is 0 Å². The van der Waals surface area contributed by atoms with Gasteiger partial charge in [-0.05, 0) is 110 Å². The molecule has 0 aromatic heterocycles. The van der Waals surface area contributed by atoms with Crippen LogP contribution in [0.2, 0.25) is 0 Å². The highest BCUT2D eigenvalue weighted by atomic mass is 15.2. The second-order valence-electron chi connectivity index (χ2n) is 17.7. The summed E-state index contributed by atoms with van der Waals surface area (Å²) in [5, 5.41) is 2.61. The first-order valence-corrected chi connectivity index (χ1v) is 21.2. The summed E-state index contributed by atoms with van der Waals surface area (Å²) in [4.78, 5) is 5.00. The number of hydrogen-bond donors (Lipinski definition) is 0. The average Bonchev–Trinajstić information content (AvgIpc) is 3.53. The Balaban J connectivity index is 1.05. The molecule has 0 bridgehead atoms. The van der Waals surface area contributed by atoms with Gasteiger partial charge >= 0.3 is 0 Å². The van der Waals surface area contributed by atoms with Crippen LogP contribution in [0.25, 0.3) is 55.3 Å². The van der Waals surface area contributed by atoms with Gasteiger partial charge in [0, 0.05) is 38.7 Å². The van der Waals surface area contributed by atoms with Crippen molar-refractivity contribution >= 4 is 44.9 Å². The number of hydrogen-bond acceptors (Lipinski definition) is 2. The van der Waals surface area contributed by atoms with Gasteiger partial charge < -0.3 is 9.80 Å². The minimum absolute atomic E-state index is 0.103. The maximum atomic E-state index is 2.53. The van der Waals surface area contributed by atoms with Crippen molar-refractivity contribution < 1.29 is 0 Å². The van der Waals surface area contributed by atoms with Gasteiger partial charge in [0.25, 0.3) is 0 Å². The van der Waals surface area contributed by atoms with Crippen molar-refractivity contribution in [1.82, 2.24) is 0 Å². The molecule has 2 nitrogen and oxygen atoms in total. The molecule has 2 heteroatoms. The smallest absolute Gasteiger partial charge is 0.0587 e. The summed E-state index contributed by atoms with van der Waals surface area (Å²) in [5.41, 5.74) is 22.5. The van der Waals surface area contributed by atoms with Gasteiger partial charge in [-0.15, -0.1) is 0 Å².